The zero-order valence-corrected chi connectivity index (χ0v) is 10.4. The number of rotatable bonds is 2. The van der Waals surface area contributed by atoms with E-state index in [1.54, 1.807) is 6.20 Å². The molecule has 3 rings (SSSR count). The molecule has 0 fully saturated rings. The summed E-state index contributed by atoms with van der Waals surface area (Å²) in [6.07, 6.45) is 3.77. The summed E-state index contributed by atoms with van der Waals surface area (Å²) in [5, 5.41) is 1.09. The highest BCUT2D eigenvalue weighted by Crippen LogP contribution is 2.30. The number of aryl methyl sites for hydroxylation is 1. The molecule has 0 bridgehead atoms. The van der Waals surface area contributed by atoms with Gasteiger partial charge in [-0.2, -0.15) is 0 Å². The van der Waals surface area contributed by atoms with Crippen molar-refractivity contribution >= 4 is 10.9 Å². The largest absolute Gasteiger partial charge is 0.453 e. The van der Waals surface area contributed by atoms with E-state index in [9.17, 15) is 0 Å². The summed E-state index contributed by atoms with van der Waals surface area (Å²) in [6.45, 7) is 2.04. The van der Waals surface area contributed by atoms with Crippen molar-refractivity contribution in [3.8, 4) is 11.5 Å². The molecule has 90 valence electrons. The van der Waals surface area contributed by atoms with Crippen molar-refractivity contribution in [2.45, 2.75) is 6.92 Å². The van der Waals surface area contributed by atoms with Crippen molar-refractivity contribution in [2.75, 3.05) is 0 Å². The maximum absolute atomic E-state index is 5.96. The minimum Gasteiger partial charge on any atom is -0.453 e. The minimum absolute atomic E-state index is 0.794. The Labute approximate surface area is 106 Å². The monoisotopic (exact) mass is 238 g/mol. The van der Waals surface area contributed by atoms with Crippen molar-refractivity contribution in [2.24, 2.45) is 7.05 Å². The summed E-state index contributed by atoms with van der Waals surface area (Å²) < 4.78 is 8.00. The van der Waals surface area contributed by atoms with Crippen LogP contribution in [-0.2, 0) is 7.05 Å². The van der Waals surface area contributed by atoms with Crippen LogP contribution >= 0.6 is 0 Å². The van der Waals surface area contributed by atoms with Crippen LogP contribution in [0.1, 0.15) is 5.69 Å². The van der Waals surface area contributed by atoms with Crippen LogP contribution in [0.15, 0.2) is 48.8 Å². The highest BCUT2D eigenvalue weighted by Gasteiger charge is 2.07. The number of hydrogen-bond donors (Lipinski definition) is 0. The number of ether oxygens (including phenoxy) is 1. The van der Waals surface area contributed by atoms with Gasteiger partial charge >= 0.3 is 0 Å². The molecule has 0 saturated carbocycles. The summed E-state index contributed by atoms with van der Waals surface area (Å²) in [5.41, 5.74) is 1.99. The number of nitrogens with zero attached hydrogens (tertiary/aromatic N) is 2. The fraction of sp³-hybridized carbons (Fsp3) is 0.133. The molecule has 0 N–H and O–H groups in total. The van der Waals surface area contributed by atoms with Gasteiger partial charge in [0.25, 0.3) is 0 Å². The van der Waals surface area contributed by atoms with E-state index in [0.717, 1.165) is 28.1 Å². The van der Waals surface area contributed by atoms with E-state index in [4.69, 9.17) is 4.74 Å². The topological polar surface area (TPSA) is 27.1 Å². The van der Waals surface area contributed by atoms with Gasteiger partial charge in [0.2, 0.25) is 0 Å². The average Bonchev–Trinajstić information content (AvgIpc) is 2.71. The van der Waals surface area contributed by atoms with Gasteiger partial charge in [-0.25, -0.2) is 0 Å². The smallest absolute Gasteiger partial charge is 0.153 e. The highest BCUT2D eigenvalue weighted by atomic mass is 16.5. The molecular weight excluding hydrogens is 224 g/mol. The number of hydrogen-bond acceptors (Lipinski definition) is 2. The molecule has 3 nitrogen and oxygen atoms in total. The molecule has 0 amide bonds. The summed E-state index contributed by atoms with van der Waals surface area (Å²) >= 11 is 0. The summed E-state index contributed by atoms with van der Waals surface area (Å²) in [5.74, 6) is 1.66. The van der Waals surface area contributed by atoms with Gasteiger partial charge in [-0.3, -0.25) is 4.98 Å². The average molecular weight is 238 g/mol. The van der Waals surface area contributed by atoms with Crippen molar-refractivity contribution in [1.82, 2.24) is 9.55 Å². The third-order valence-electron chi connectivity index (χ3n) is 3.15. The second kappa shape index (κ2) is 4.18. The predicted octanol–water partition coefficient (Wildman–Crippen LogP) is 3.67. The van der Waals surface area contributed by atoms with Crippen molar-refractivity contribution in [3.63, 3.8) is 0 Å². The molecular formula is C15H14N2O. The second-order valence-electron chi connectivity index (χ2n) is 4.31. The lowest BCUT2D eigenvalue weighted by atomic mass is 10.2. The fourth-order valence-electron chi connectivity index (χ4n) is 1.97. The van der Waals surface area contributed by atoms with E-state index in [1.165, 1.54) is 0 Å². The number of aromatic nitrogens is 2. The Kier molecular flexibility index (Phi) is 2.52. The zero-order valence-electron chi connectivity index (χ0n) is 10.4. The maximum atomic E-state index is 5.96. The van der Waals surface area contributed by atoms with E-state index in [0.29, 0.717) is 0 Å². The molecule has 2 aromatic heterocycles. The number of benzene rings is 1. The van der Waals surface area contributed by atoms with Gasteiger partial charge in [-0.1, -0.05) is 18.2 Å². The lowest BCUT2D eigenvalue weighted by Crippen LogP contribution is -1.91. The Morgan fingerprint density at radius 1 is 1.06 bits per heavy atom. The molecule has 1 aromatic carbocycles. The van der Waals surface area contributed by atoms with Gasteiger partial charge < -0.3 is 9.30 Å². The van der Waals surface area contributed by atoms with E-state index >= 15 is 0 Å². The fourth-order valence-corrected chi connectivity index (χ4v) is 1.97. The molecule has 2 heterocycles. The molecule has 18 heavy (non-hydrogen) atoms. The number of pyridine rings is 1. The summed E-state index contributed by atoms with van der Waals surface area (Å²) in [4.78, 5) is 4.38. The molecule has 0 spiro atoms. The summed E-state index contributed by atoms with van der Waals surface area (Å²) in [6, 6.07) is 11.9. The zero-order chi connectivity index (χ0) is 12.5. The maximum Gasteiger partial charge on any atom is 0.153 e. The third kappa shape index (κ3) is 1.74. The van der Waals surface area contributed by atoms with Crippen LogP contribution in [0.3, 0.4) is 0 Å². The van der Waals surface area contributed by atoms with Crippen molar-refractivity contribution in [3.05, 3.63) is 54.5 Å². The van der Waals surface area contributed by atoms with Gasteiger partial charge in [0.05, 0.1) is 5.69 Å². The first-order valence-electron chi connectivity index (χ1n) is 5.89. The van der Waals surface area contributed by atoms with Crippen molar-refractivity contribution in [1.29, 1.82) is 0 Å². The Morgan fingerprint density at radius 3 is 2.67 bits per heavy atom. The normalized spacial score (nSPS) is 10.8. The Balaban J connectivity index is 2.08. The third-order valence-corrected chi connectivity index (χ3v) is 3.15. The molecule has 0 atom stereocenters. The van der Waals surface area contributed by atoms with Gasteiger partial charge in [0.1, 0.15) is 11.3 Å². The Morgan fingerprint density at radius 2 is 1.89 bits per heavy atom. The quantitative estimate of drug-likeness (QED) is 0.681. The molecule has 0 unspecified atom stereocenters. The van der Waals surface area contributed by atoms with Crippen LogP contribution in [0.25, 0.3) is 10.9 Å². The number of fused-ring (bicyclic) bond motifs is 1. The minimum atomic E-state index is 0.794. The second-order valence-corrected chi connectivity index (χ2v) is 4.31. The predicted molar refractivity (Wildman–Crippen MR) is 72.0 cm³/mol. The molecule has 0 aliphatic heterocycles. The first kappa shape index (κ1) is 10.8. The highest BCUT2D eigenvalue weighted by molar-refractivity contribution is 5.84. The van der Waals surface area contributed by atoms with E-state index in [1.807, 2.05) is 61.1 Å². The lowest BCUT2D eigenvalue weighted by molar-refractivity contribution is 0.482. The Bertz CT molecular complexity index is 695. The van der Waals surface area contributed by atoms with Gasteiger partial charge in [-0.15, -0.1) is 0 Å². The van der Waals surface area contributed by atoms with E-state index in [2.05, 4.69) is 4.98 Å². The first-order chi connectivity index (χ1) is 8.75. The van der Waals surface area contributed by atoms with Crippen LogP contribution in [0.4, 0.5) is 0 Å². The lowest BCUT2D eigenvalue weighted by Gasteiger charge is -2.08. The molecule has 0 aliphatic carbocycles. The summed E-state index contributed by atoms with van der Waals surface area (Å²) in [7, 11) is 2.00. The van der Waals surface area contributed by atoms with Crippen LogP contribution in [0.5, 0.6) is 11.5 Å². The molecule has 0 aliphatic rings. The standard InChI is InChI=1S/C15H14N2O/c1-11-13(8-10-17(11)2)18-14-7-3-5-12-6-4-9-16-15(12)14/h3-10H,1-2H3. The van der Waals surface area contributed by atoms with Crippen LogP contribution in [0, 0.1) is 6.92 Å². The van der Waals surface area contributed by atoms with E-state index in [-0.39, 0.29) is 0 Å². The molecule has 3 heteroatoms. The first-order valence-corrected chi connectivity index (χ1v) is 5.89. The van der Waals surface area contributed by atoms with Crippen molar-refractivity contribution < 1.29 is 4.74 Å². The van der Waals surface area contributed by atoms with Gasteiger partial charge in [0, 0.05) is 24.8 Å². The molecule has 3 aromatic rings. The molecule has 0 radical (unpaired) electrons. The van der Waals surface area contributed by atoms with Crippen LogP contribution in [-0.4, -0.2) is 9.55 Å². The SMILES string of the molecule is Cc1c(Oc2cccc3cccnc23)ccn1C. The number of para-hydroxylation sites is 1. The van der Waals surface area contributed by atoms with E-state index < -0.39 is 0 Å². The Hall–Kier alpha value is -2.29. The van der Waals surface area contributed by atoms with Gasteiger partial charge in [-0.05, 0) is 25.1 Å². The molecule has 0 saturated heterocycles. The van der Waals surface area contributed by atoms with Gasteiger partial charge in [0.15, 0.2) is 5.75 Å². The van der Waals surface area contributed by atoms with Crippen LogP contribution in [0.2, 0.25) is 0 Å². The van der Waals surface area contributed by atoms with Crippen LogP contribution < -0.4 is 4.74 Å².